The van der Waals surface area contributed by atoms with Crippen LogP contribution in [-0.4, -0.2) is 13.7 Å². The number of benzene rings is 1. The maximum absolute atomic E-state index is 13.7. The number of hydrogen-bond donors (Lipinski definition) is 1. The van der Waals surface area contributed by atoms with Crippen LogP contribution in [-0.2, 0) is 6.42 Å². The van der Waals surface area contributed by atoms with Gasteiger partial charge in [-0.1, -0.05) is 13.0 Å². The number of furan rings is 1. The van der Waals surface area contributed by atoms with Gasteiger partial charge in [0.05, 0.1) is 19.4 Å². The molecule has 0 aliphatic carbocycles. The van der Waals surface area contributed by atoms with E-state index in [9.17, 15) is 4.39 Å². The Morgan fingerprint density at radius 2 is 2.15 bits per heavy atom. The molecule has 1 heterocycles. The van der Waals surface area contributed by atoms with Gasteiger partial charge in [-0.2, -0.15) is 0 Å². The van der Waals surface area contributed by atoms with E-state index in [0.717, 1.165) is 23.4 Å². The molecule has 0 amide bonds. The van der Waals surface area contributed by atoms with Crippen LogP contribution in [0.1, 0.15) is 29.9 Å². The fourth-order valence-electron chi connectivity index (χ4n) is 2.32. The summed E-state index contributed by atoms with van der Waals surface area (Å²) >= 11 is 0. The van der Waals surface area contributed by atoms with E-state index in [-0.39, 0.29) is 17.6 Å². The minimum atomic E-state index is -0.337. The number of halogens is 1. The summed E-state index contributed by atoms with van der Waals surface area (Å²) in [6.45, 7) is 4.88. The molecule has 1 aromatic carbocycles. The number of aryl methyl sites for hydroxylation is 1. The molecule has 0 spiro atoms. The van der Waals surface area contributed by atoms with Crippen molar-refractivity contribution in [3.63, 3.8) is 0 Å². The Bertz CT molecular complexity index is 565. The smallest absolute Gasteiger partial charge is 0.165 e. The summed E-state index contributed by atoms with van der Waals surface area (Å²) in [5, 5.41) is 3.37. The quantitative estimate of drug-likeness (QED) is 0.875. The second-order valence-corrected chi connectivity index (χ2v) is 4.75. The Kier molecular flexibility index (Phi) is 4.79. The highest BCUT2D eigenvalue weighted by atomic mass is 19.1. The highest BCUT2D eigenvalue weighted by molar-refractivity contribution is 5.31. The van der Waals surface area contributed by atoms with Gasteiger partial charge in [0.25, 0.3) is 0 Å². The van der Waals surface area contributed by atoms with Crippen LogP contribution in [0.5, 0.6) is 5.75 Å². The lowest BCUT2D eigenvalue weighted by atomic mass is 10.0. The van der Waals surface area contributed by atoms with Gasteiger partial charge in [-0.25, -0.2) is 4.39 Å². The van der Waals surface area contributed by atoms with Gasteiger partial charge in [-0.05, 0) is 49.2 Å². The molecule has 1 N–H and O–H groups in total. The third kappa shape index (κ3) is 3.20. The summed E-state index contributed by atoms with van der Waals surface area (Å²) in [5.74, 6) is 0.836. The van der Waals surface area contributed by atoms with Gasteiger partial charge < -0.3 is 14.5 Å². The molecule has 2 aromatic rings. The molecule has 0 fully saturated rings. The van der Waals surface area contributed by atoms with Gasteiger partial charge >= 0.3 is 0 Å². The van der Waals surface area contributed by atoms with Gasteiger partial charge in [0.1, 0.15) is 5.76 Å². The van der Waals surface area contributed by atoms with Crippen molar-refractivity contribution in [2.45, 2.75) is 26.3 Å². The zero-order valence-electron chi connectivity index (χ0n) is 12.1. The molecule has 2 rings (SSSR count). The number of rotatable bonds is 6. The normalized spacial score (nSPS) is 12.4. The molecular weight excluding hydrogens is 257 g/mol. The molecular formula is C16H20FNO2. The van der Waals surface area contributed by atoms with Crippen LogP contribution in [0.15, 0.2) is 34.9 Å². The fraction of sp³-hybridized carbons (Fsp3) is 0.375. The van der Waals surface area contributed by atoms with E-state index >= 15 is 0 Å². The monoisotopic (exact) mass is 277 g/mol. The molecule has 0 saturated heterocycles. The second-order valence-electron chi connectivity index (χ2n) is 4.75. The minimum Gasteiger partial charge on any atom is -0.494 e. The van der Waals surface area contributed by atoms with Crippen LogP contribution in [0, 0.1) is 12.7 Å². The minimum absolute atomic E-state index is 0.0443. The molecule has 0 aliphatic heterocycles. The zero-order chi connectivity index (χ0) is 14.5. The van der Waals surface area contributed by atoms with Crippen LogP contribution >= 0.6 is 0 Å². The first-order valence-corrected chi connectivity index (χ1v) is 6.75. The van der Waals surface area contributed by atoms with Gasteiger partial charge in [0.15, 0.2) is 11.6 Å². The largest absolute Gasteiger partial charge is 0.494 e. The number of hydrogen-bond acceptors (Lipinski definition) is 3. The molecule has 3 nitrogen and oxygen atoms in total. The molecule has 1 unspecified atom stereocenters. The fourth-order valence-corrected chi connectivity index (χ4v) is 2.32. The van der Waals surface area contributed by atoms with Crippen LogP contribution in [0.2, 0.25) is 0 Å². The summed E-state index contributed by atoms with van der Waals surface area (Å²) < 4.78 is 24.2. The topological polar surface area (TPSA) is 34.4 Å². The first kappa shape index (κ1) is 14.6. The van der Waals surface area contributed by atoms with Crippen molar-refractivity contribution in [1.29, 1.82) is 0 Å². The Morgan fingerprint density at radius 1 is 1.35 bits per heavy atom. The zero-order valence-corrected chi connectivity index (χ0v) is 12.1. The molecule has 0 radical (unpaired) electrons. The molecule has 0 aliphatic rings. The summed E-state index contributed by atoms with van der Waals surface area (Å²) in [5.41, 5.74) is 2.01. The van der Waals surface area contributed by atoms with Gasteiger partial charge in [-0.3, -0.25) is 0 Å². The van der Waals surface area contributed by atoms with Gasteiger partial charge in [0.2, 0.25) is 0 Å². The summed E-state index contributed by atoms with van der Waals surface area (Å²) in [7, 11) is 1.46. The number of likely N-dealkylation sites (N-methyl/N-ethyl adjacent to an activating group) is 1. The predicted molar refractivity (Wildman–Crippen MR) is 76.5 cm³/mol. The number of ether oxygens (including phenoxy) is 1. The number of nitrogens with one attached hydrogen (secondary N) is 1. The SMILES string of the molecule is CCNC(Cc1ccc(OC)c(F)c1)c1occc1C. The standard InChI is InChI=1S/C16H20FNO2/c1-4-18-14(16-11(2)7-8-20-16)10-12-5-6-15(19-3)13(17)9-12/h5-9,14,18H,4,10H2,1-3H3. The summed E-state index contributed by atoms with van der Waals surface area (Å²) in [4.78, 5) is 0. The molecule has 1 atom stereocenters. The average molecular weight is 277 g/mol. The van der Waals surface area contributed by atoms with Crippen LogP contribution in [0.25, 0.3) is 0 Å². The molecule has 0 saturated carbocycles. The van der Waals surface area contributed by atoms with E-state index in [1.165, 1.54) is 13.2 Å². The van der Waals surface area contributed by atoms with E-state index in [1.54, 1.807) is 12.3 Å². The predicted octanol–water partition coefficient (Wildman–Crippen LogP) is 3.63. The van der Waals surface area contributed by atoms with Gasteiger partial charge in [-0.15, -0.1) is 0 Å². The molecule has 4 heteroatoms. The van der Waals surface area contributed by atoms with E-state index in [2.05, 4.69) is 5.32 Å². The summed E-state index contributed by atoms with van der Waals surface area (Å²) in [6, 6.07) is 7.03. The van der Waals surface area contributed by atoms with Gasteiger partial charge in [0, 0.05) is 0 Å². The molecule has 1 aromatic heterocycles. The first-order valence-electron chi connectivity index (χ1n) is 6.75. The van der Waals surface area contributed by atoms with Crippen molar-refractivity contribution in [3.8, 4) is 5.75 Å². The lowest BCUT2D eigenvalue weighted by molar-refractivity contribution is 0.385. The maximum atomic E-state index is 13.7. The summed E-state index contributed by atoms with van der Waals surface area (Å²) in [6.07, 6.45) is 2.35. The Labute approximate surface area is 118 Å². The van der Waals surface area contributed by atoms with Crippen molar-refractivity contribution in [2.24, 2.45) is 0 Å². The van der Waals surface area contributed by atoms with Crippen LogP contribution in [0.4, 0.5) is 4.39 Å². The first-order chi connectivity index (χ1) is 9.65. The van der Waals surface area contributed by atoms with E-state index in [0.29, 0.717) is 6.42 Å². The lowest BCUT2D eigenvalue weighted by Gasteiger charge is -2.17. The average Bonchev–Trinajstić information content (AvgIpc) is 2.85. The van der Waals surface area contributed by atoms with Crippen LogP contribution < -0.4 is 10.1 Å². The second kappa shape index (κ2) is 6.57. The highest BCUT2D eigenvalue weighted by Crippen LogP contribution is 2.25. The third-order valence-corrected chi connectivity index (χ3v) is 3.32. The van der Waals surface area contributed by atoms with Crippen molar-refractivity contribution in [2.75, 3.05) is 13.7 Å². The lowest BCUT2D eigenvalue weighted by Crippen LogP contribution is -2.23. The van der Waals surface area contributed by atoms with E-state index < -0.39 is 0 Å². The molecule has 0 bridgehead atoms. The van der Waals surface area contributed by atoms with Crippen molar-refractivity contribution in [1.82, 2.24) is 5.32 Å². The third-order valence-electron chi connectivity index (χ3n) is 3.32. The Balaban J connectivity index is 2.20. The van der Waals surface area contributed by atoms with E-state index in [4.69, 9.17) is 9.15 Å². The Morgan fingerprint density at radius 3 is 2.70 bits per heavy atom. The molecule has 108 valence electrons. The maximum Gasteiger partial charge on any atom is 0.165 e. The number of methoxy groups -OCH3 is 1. The Hall–Kier alpha value is -1.81. The van der Waals surface area contributed by atoms with Crippen molar-refractivity contribution < 1.29 is 13.5 Å². The van der Waals surface area contributed by atoms with Crippen LogP contribution in [0.3, 0.4) is 0 Å². The molecule has 20 heavy (non-hydrogen) atoms. The van der Waals surface area contributed by atoms with Crippen molar-refractivity contribution in [3.05, 3.63) is 53.2 Å². The van der Waals surface area contributed by atoms with Crippen molar-refractivity contribution >= 4 is 0 Å². The highest BCUT2D eigenvalue weighted by Gasteiger charge is 2.17. The van der Waals surface area contributed by atoms with E-state index in [1.807, 2.05) is 26.0 Å².